The van der Waals surface area contributed by atoms with Crippen LogP contribution in [0.5, 0.6) is 5.75 Å². The summed E-state index contributed by atoms with van der Waals surface area (Å²) in [6.07, 6.45) is 2.67. The first kappa shape index (κ1) is 18.8. The van der Waals surface area contributed by atoms with Gasteiger partial charge in [0.05, 0.1) is 7.11 Å². The molecule has 24 heavy (non-hydrogen) atoms. The van der Waals surface area contributed by atoms with Crippen LogP contribution in [0.15, 0.2) is 18.2 Å². The normalized spacial score (nSPS) is 17.2. The zero-order valence-electron chi connectivity index (χ0n) is 15.5. The molecule has 2 N–H and O–H groups in total. The van der Waals surface area contributed by atoms with Crippen LogP contribution in [0.2, 0.25) is 0 Å². The maximum Gasteiger partial charge on any atom is 0.223 e. The third-order valence-corrected chi connectivity index (χ3v) is 5.20. The molecule has 4 nitrogen and oxygen atoms in total. The molecule has 1 aliphatic heterocycles. The number of hydrogen-bond acceptors (Lipinski definition) is 3. The lowest BCUT2D eigenvalue weighted by Crippen LogP contribution is -2.39. The standard InChI is InChI=1S/C20H32N2O2/c1-14(2)16-5-6-19(24-4)18(11-16)17(13-21)12-20(23)22-9-7-15(3)8-10-22/h5-6,11,14-15,17H,7-10,12-13,21H2,1-4H3. The highest BCUT2D eigenvalue weighted by molar-refractivity contribution is 5.77. The minimum absolute atomic E-state index is 0.00509. The SMILES string of the molecule is COc1ccc(C(C)C)cc1C(CN)CC(=O)N1CCC(C)CC1. The lowest BCUT2D eigenvalue weighted by molar-refractivity contribution is -0.132. The predicted octanol–water partition coefficient (Wildman–Crippen LogP) is 3.51. The van der Waals surface area contributed by atoms with Crippen molar-refractivity contribution in [2.24, 2.45) is 11.7 Å². The van der Waals surface area contributed by atoms with Gasteiger partial charge in [0.2, 0.25) is 5.91 Å². The van der Waals surface area contributed by atoms with E-state index in [2.05, 4.69) is 32.9 Å². The quantitative estimate of drug-likeness (QED) is 0.867. The number of piperidine rings is 1. The Morgan fingerprint density at radius 2 is 2.00 bits per heavy atom. The number of ether oxygens (including phenoxy) is 1. The van der Waals surface area contributed by atoms with Crippen LogP contribution in [0.25, 0.3) is 0 Å². The second-order valence-electron chi connectivity index (χ2n) is 7.36. The number of likely N-dealkylation sites (tertiary alicyclic amines) is 1. The van der Waals surface area contributed by atoms with Crippen LogP contribution in [0.1, 0.15) is 63.0 Å². The molecular weight excluding hydrogens is 300 g/mol. The van der Waals surface area contributed by atoms with Crippen LogP contribution in [0, 0.1) is 5.92 Å². The van der Waals surface area contributed by atoms with E-state index in [0.717, 1.165) is 43.2 Å². The maximum atomic E-state index is 12.7. The van der Waals surface area contributed by atoms with Gasteiger partial charge in [0.1, 0.15) is 5.75 Å². The Morgan fingerprint density at radius 1 is 1.33 bits per heavy atom. The van der Waals surface area contributed by atoms with E-state index in [-0.39, 0.29) is 11.8 Å². The molecule has 1 aliphatic rings. The molecule has 2 rings (SSSR count). The van der Waals surface area contributed by atoms with E-state index in [9.17, 15) is 4.79 Å². The van der Waals surface area contributed by atoms with Gasteiger partial charge in [-0.15, -0.1) is 0 Å². The molecule has 0 aromatic heterocycles. The summed E-state index contributed by atoms with van der Waals surface area (Å²) < 4.78 is 5.52. The number of nitrogens with zero attached hydrogens (tertiary/aromatic N) is 1. The van der Waals surface area contributed by atoms with Crippen LogP contribution in [0.3, 0.4) is 0 Å². The summed E-state index contributed by atoms with van der Waals surface area (Å²) in [6.45, 7) is 8.80. The van der Waals surface area contributed by atoms with Crippen molar-refractivity contribution in [2.75, 3.05) is 26.7 Å². The first-order valence-electron chi connectivity index (χ1n) is 9.11. The Hall–Kier alpha value is -1.55. The Balaban J connectivity index is 2.15. The fraction of sp³-hybridized carbons (Fsp3) is 0.650. The molecule has 1 aromatic rings. The minimum atomic E-state index is 0.00509. The fourth-order valence-electron chi connectivity index (χ4n) is 3.35. The average molecular weight is 332 g/mol. The molecule has 1 heterocycles. The van der Waals surface area contributed by atoms with Gasteiger partial charge < -0.3 is 15.4 Å². The number of amides is 1. The van der Waals surface area contributed by atoms with E-state index < -0.39 is 0 Å². The van der Waals surface area contributed by atoms with Gasteiger partial charge in [-0.25, -0.2) is 0 Å². The summed E-state index contributed by atoms with van der Waals surface area (Å²) in [5, 5.41) is 0. The lowest BCUT2D eigenvalue weighted by Gasteiger charge is -2.31. The molecule has 0 radical (unpaired) electrons. The van der Waals surface area contributed by atoms with Crippen molar-refractivity contribution in [3.8, 4) is 5.75 Å². The second kappa shape index (κ2) is 8.52. The van der Waals surface area contributed by atoms with Crippen molar-refractivity contribution >= 4 is 5.91 Å². The molecule has 1 saturated heterocycles. The third kappa shape index (κ3) is 4.50. The smallest absolute Gasteiger partial charge is 0.223 e. The third-order valence-electron chi connectivity index (χ3n) is 5.20. The molecule has 0 saturated carbocycles. The van der Waals surface area contributed by atoms with Crippen molar-refractivity contribution in [3.63, 3.8) is 0 Å². The van der Waals surface area contributed by atoms with E-state index in [1.807, 2.05) is 11.0 Å². The zero-order chi connectivity index (χ0) is 17.7. The van der Waals surface area contributed by atoms with Gasteiger partial charge in [-0.1, -0.05) is 32.9 Å². The molecule has 0 aliphatic carbocycles. The van der Waals surface area contributed by atoms with Crippen LogP contribution >= 0.6 is 0 Å². The van der Waals surface area contributed by atoms with E-state index in [1.165, 1.54) is 5.56 Å². The molecule has 0 bridgehead atoms. The lowest BCUT2D eigenvalue weighted by atomic mass is 9.90. The molecule has 1 unspecified atom stereocenters. The summed E-state index contributed by atoms with van der Waals surface area (Å²) in [7, 11) is 1.68. The van der Waals surface area contributed by atoms with Gasteiger partial charge >= 0.3 is 0 Å². The number of carbonyl (C=O) groups excluding carboxylic acids is 1. The summed E-state index contributed by atoms with van der Waals surface area (Å²) in [5.41, 5.74) is 8.34. The van der Waals surface area contributed by atoms with Crippen molar-refractivity contribution in [2.45, 2.75) is 51.9 Å². The van der Waals surface area contributed by atoms with Crippen molar-refractivity contribution < 1.29 is 9.53 Å². The van der Waals surface area contributed by atoms with Crippen LogP contribution in [-0.2, 0) is 4.79 Å². The molecular formula is C20H32N2O2. The number of nitrogens with two attached hydrogens (primary N) is 1. The van der Waals surface area contributed by atoms with E-state index in [4.69, 9.17) is 10.5 Å². The zero-order valence-corrected chi connectivity index (χ0v) is 15.5. The molecule has 4 heteroatoms. The van der Waals surface area contributed by atoms with Crippen LogP contribution in [0.4, 0.5) is 0 Å². The van der Waals surface area contributed by atoms with Crippen LogP contribution < -0.4 is 10.5 Å². The van der Waals surface area contributed by atoms with Gasteiger partial charge in [0, 0.05) is 25.4 Å². The van der Waals surface area contributed by atoms with Gasteiger partial charge in [0.25, 0.3) is 0 Å². The number of carbonyl (C=O) groups is 1. The number of methoxy groups -OCH3 is 1. The summed E-state index contributed by atoms with van der Waals surface area (Å²) in [4.78, 5) is 14.7. The topological polar surface area (TPSA) is 55.6 Å². The van der Waals surface area contributed by atoms with Crippen LogP contribution in [-0.4, -0.2) is 37.6 Å². The van der Waals surface area contributed by atoms with Crippen molar-refractivity contribution in [3.05, 3.63) is 29.3 Å². The first-order valence-corrected chi connectivity index (χ1v) is 9.11. The largest absolute Gasteiger partial charge is 0.496 e. The molecule has 0 spiro atoms. The highest BCUT2D eigenvalue weighted by atomic mass is 16.5. The monoisotopic (exact) mass is 332 g/mol. The van der Waals surface area contributed by atoms with Gasteiger partial charge in [0.15, 0.2) is 0 Å². The number of benzene rings is 1. The molecule has 1 atom stereocenters. The van der Waals surface area contributed by atoms with Crippen molar-refractivity contribution in [1.82, 2.24) is 4.90 Å². The second-order valence-corrected chi connectivity index (χ2v) is 7.36. The van der Waals surface area contributed by atoms with Gasteiger partial charge in [-0.2, -0.15) is 0 Å². The van der Waals surface area contributed by atoms with E-state index >= 15 is 0 Å². The molecule has 134 valence electrons. The molecule has 1 fully saturated rings. The van der Waals surface area contributed by atoms with E-state index in [0.29, 0.717) is 18.9 Å². The Kier molecular flexibility index (Phi) is 6.67. The van der Waals surface area contributed by atoms with E-state index in [1.54, 1.807) is 7.11 Å². The molecule has 1 aromatic carbocycles. The first-order chi connectivity index (χ1) is 11.5. The summed E-state index contributed by atoms with van der Waals surface area (Å²) in [6, 6.07) is 6.25. The number of hydrogen-bond donors (Lipinski definition) is 1. The Labute approximate surface area is 146 Å². The fourth-order valence-corrected chi connectivity index (χ4v) is 3.35. The minimum Gasteiger partial charge on any atom is -0.496 e. The highest BCUT2D eigenvalue weighted by Gasteiger charge is 2.25. The number of rotatable bonds is 6. The van der Waals surface area contributed by atoms with Gasteiger partial charge in [-0.3, -0.25) is 4.79 Å². The molecule has 1 amide bonds. The van der Waals surface area contributed by atoms with Crippen molar-refractivity contribution in [1.29, 1.82) is 0 Å². The Bertz CT molecular complexity index is 549. The maximum absolute atomic E-state index is 12.7. The summed E-state index contributed by atoms with van der Waals surface area (Å²) >= 11 is 0. The Morgan fingerprint density at radius 3 is 2.54 bits per heavy atom. The average Bonchev–Trinajstić information content (AvgIpc) is 2.59. The summed E-state index contributed by atoms with van der Waals surface area (Å²) in [5.74, 6) is 2.21. The predicted molar refractivity (Wildman–Crippen MR) is 98.5 cm³/mol. The van der Waals surface area contributed by atoms with Gasteiger partial charge in [-0.05, 0) is 48.4 Å². The highest BCUT2D eigenvalue weighted by Crippen LogP contribution is 2.32.